The Kier molecular flexibility index (Phi) is 3.89. The van der Waals surface area contributed by atoms with E-state index in [1.54, 1.807) is 12.1 Å². The molecule has 3 atom stereocenters. The number of aliphatic hydroxyl groups is 1. The third kappa shape index (κ3) is 2.60. The highest BCUT2D eigenvalue weighted by Gasteiger charge is 2.55. The maximum atomic E-state index is 13.4. The molecule has 7 nitrogen and oxygen atoms in total. The Morgan fingerprint density at radius 3 is 2.69 bits per heavy atom. The molecular weight excluding hydrogens is 372 g/mol. The van der Waals surface area contributed by atoms with Crippen molar-refractivity contribution in [2.24, 2.45) is 5.92 Å². The Morgan fingerprint density at radius 2 is 1.90 bits per heavy atom. The van der Waals surface area contributed by atoms with E-state index in [4.69, 9.17) is 13.9 Å². The largest absolute Gasteiger partial charge is 0.454 e. The van der Waals surface area contributed by atoms with Crippen LogP contribution in [0.25, 0.3) is 0 Å². The van der Waals surface area contributed by atoms with Crippen molar-refractivity contribution >= 4 is 5.91 Å². The smallest absolute Gasteiger partial charge is 0.289 e. The lowest BCUT2D eigenvalue weighted by Crippen LogP contribution is -2.60. The summed E-state index contributed by atoms with van der Waals surface area (Å²) in [6, 6.07) is 10.0. The number of furan rings is 1. The fourth-order valence-electron chi connectivity index (χ4n) is 5.81. The molecule has 5 aliphatic rings. The van der Waals surface area contributed by atoms with Gasteiger partial charge in [-0.15, -0.1) is 0 Å². The SMILES string of the molecule is O=C(c1ccc(CO)o1)N1C[C@H](c2ccc3c(c2)OCO3)[C@H]2[C@@H]1C1CCN2CC1. The second-order valence-electron chi connectivity index (χ2n) is 8.46. The van der Waals surface area contributed by atoms with Gasteiger partial charge in [0.15, 0.2) is 17.3 Å². The Morgan fingerprint density at radius 1 is 1.07 bits per heavy atom. The number of rotatable bonds is 3. The lowest BCUT2D eigenvalue weighted by molar-refractivity contribution is -0.00437. The summed E-state index contributed by atoms with van der Waals surface area (Å²) >= 11 is 0. The van der Waals surface area contributed by atoms with E-state index in [1.807, 2.05) is 11.0 Å². The molecule has 0 unspecified atom stereocenters. The number of ether oxygens (including phenoxy) is 2. The van der Waals surface area contributed by atoms with Crippen molar-refractivity contribution in [1.82, 2.24) is 9.80 Å². The van der Waals surface area contributed by atoms with E-state index in [0.29, 0.717) is 30.0 Å². The Bertz CT molecular complexity index is 948. The average molecular weight is 396 g/mol. The first-order chi connectivity index (χ1) is 14.2. The van der Waals surface area contributed by atoms with Gasteiger partial charge in [-0.05, 0) is 61.7 Å². The van der Waals surface area contributed by atoms with Gasteiger partial charge in [0.05, 0.1) is 6.04 Å². The van der Waals surface area contributed by atoms with Crippen LogP contribution in [0.4, 0.5) is 0 Å². The van der Waals surface area contributed by atoms with Crippen molar-refractivity contribution in [3.63, 3.8) is 0 Å². The molecule has 2 bridgehead atoms. The first-order valence-corrected chi connectivity index (χ1v) is 10.4. The van der Waals surface area contributed by atoms with Gasteiger partial charge in [-0.2, -0.15) is 0 Å². The minimum Gasteiger partial charge on any atom is -0.454 e. The van der Waals surface area contributed by atoms with E-state index < -0.39 is 0 Å². The molecule has 29 heavy (non-hydrogen) atoms. The topological polar surface area (TPSA) is 75.4 Å². The van der Waals surface area contributed by atoms with Gasteiger partial charge in [-0.1, -0.05) is 6.07 Å². The van der Waals surface area contributed by atoms with Crippen LogP contribution in [0.15, 0.2) is 34.7 Å². The van der Waals surface area contributed by atoms with Crippen LogP contribution in [0.1, 0.15) is 40.6 Å². The van der Waals surface area contributed by atoms with Crippen molar-refractivity contribution in [3.05, 3.63) is 47.4 Å². The summed E-state index contributed by atoms with van der Waals surface area (Å²) < 4.78 is 16.6. The zero-order chi connectivity index (χ0) is 19.5. The number of hydrogen-bond acceptors (Lipinski definition) is 6. The fourth-order valence-corrected chi connectivity index (χ4v) is 5.81. The molecule has 2 aromatic rings. The normalized spacial score (nSPS) is 31.9. The number of fused-ring (bicyclic) bond motifs is 3. The van der Waals surface area contributed by atoms with E-state index >= 15 is 0 Å². The summed E-state index contributed by atoms with van der Waals surface area (Å²) in [5.74, 6) is 3.00. The van der Waals surface area contributed by atoms with E-state index in [1.165, 1.54) is 5.56 Å². The van der Waals surface area contributed by atoms with Crippen LogP contribution in [0.3, 0.4) is 0 Å². The Hall–Kier alpha value is -2.51. The van der Waals surface area contributed by atoms with Crippen LogP contribution in [0, 0.1) is 5.92 Å². The molecule has 4 saturated heterocycles. The average Bonchev–Trinajstić information content (AvgIpc) is 3.51. The minimum atomic E-state index is -0.199. The quantitative estimate of drug-likeness (QED) is 0.857. The van der Waals surface area contributed by atoms with Crippen LogP contribution < -0.4 is 9.47 Å². The van der Waals surface area contributed by atoms with Gasteiger partial charge in [-0.25, -0.2) is 0 Å². The molecule has 0 spiro atoms. The molecule has 1 N–H and O–H groups in total. The Labute approximate surface area is 168 Å². The molecule has 0 saturated carbocycles. The van der Waals surface area contributed by atoms with Gasteiger partial charge in [0, 0.05) is 18.5 Å². The number of aliphatic hydroxyl groups excluding tert-OH is 1. The molecule has 5 aliphatic heterocycles. The van der Waals surface area contributed by atoms with E-state index in [0.717, 1.165) is 37.4 Å². The van der Waals surface area contributed by atoms with Crippen LogP contribution >= 0.6 is 0 Å². The molecule has 1 amide bonds. The van der Waals surface area contributed by atoms with E-state index in [2.05, 4.69) is 17.0 Å². The lowest BCUT2D eigenvalue weighted by atomic mass is 9.75. The summed E-state index contributed by atoms with van der Waals surface area (Å²) in [7, 11) is 0. The molecule has 1 aromatic carbocycles. The monoisotopic (exact) mass is 396 g/mol. The highest BCUT2D eigenvalue weighted by Crippen LogP contribution is 2.48. The number of nitrogens with zero attached hydrogens (tertiary/aromatic N) is 2. The van der Waals surface area contributed by atoms with Crippen molar-refractivity contribution in [2.45, 2.75) is 37.5 Å². The van der Waals surface area contributed by atoms with E-state index in [9.17, 15) is 9.90 Å². The number of amides is 1. The van der Waals surface area contributed by atoms with Crippen molar-refractivity contribution in [3.8, 4) is 11.5 Å². The third-order valence-electron chi connectivity index (χ3n) is 7.11. The highest BCUT2D eigenvalue weighted by atomic mass is 16.7. The zero-order valence-electron chi connectivity index (χ0n) is 16.1. The van der Waals surface area contributed by atoms with Gasteiger partial charge in [0.25, 0.3) is 5.91 Å². The number of likely N-dealkylation sites (tertiary alicyclic amines) is 1. The van der Waals surface area contributed by atoms with Gasteiger partial charge in [0.1, 0.15) is 12.4 Å². The predicted octanol–water partition coefficient (Wildman–Crippen LogP) is 2.20. The number of carbonyl (C=O) groups excluding carboxylic acids is 1. The highest BCUT2D eigenvalue weighted by molar-refractivity contribution is 5.92. The molecule has 6 heterocycles. The van der Waals surface area contributed by atoms with Gasteiger partial charge >= 0.3 is 0 Å². The number of piperidine rings is 3. The van der Waals surface area contributed by atoms with E-state index in [-0.39, 0.29) is 31.3 Å². The van der Waals surface area contributed by atoms with Gasteiger partial charge < -0.3 is 23.9 Å². The second-order valence-corrected chi connectivity index (χ2v) is 8.46. The summed E-state index contributed by atoms with van der Waals surface area (Å²) in [4.78, 5) is 17.9. The third-order valence-corrected chi connectivity index (χ3v) is 7.11. The number of benzene rings is 1. The summed E-state index contributed by atoms with van der Waals surface area (Å²) in [5, 5.41) is 9.29. The van der Waals surface area contributed by atoms with Crippen LogP contribution in [0.5, 0.6) is 11.5 Å². The molecule has 0 aliphatic carbocycles. The zero-order valence-corrected chi connectivity index (χ0v) is 16.1. The van der Waals surface area contributed by atoms with Crippen LogP contribution in [-0.4, -0.2) is 59.3 Å². The number of carbonyl (C=O) groups is 1. The second kappa shape index (κ2) is 6.50. The lowest BCUT2D eigenvalue weighted by Gasteiger charge is -2.51. The van der Waals surface area contributed by atoms with Gasteiger partial charge in [-0.3, -0.25) is 9.69 Å². The molecule has 7 heteroatoms. The van der Waals surface area contributed by atoms with Crippen LogP contribution in [-0.2, 0) is 6.61 Å². The van der Waals surface area contributed by atoms with Gasteiger partial charge in [0.2, 0.25) is 6.79 Å². The minimum absolute atomic E-state index is 0.0725. The fraction of sp³-hybridized carbons (Fsp3) is 0.500. The standard InChI is InChI=1S/C22H24N2O5/c25-11-15-2-4-18(29-15)22(26)24-10-16(14-1-3-17-19(9-14)28-12-27-17)21-20(24)13-5-7-23(21)8-6-13/h1-4,9,13,16,20-21,25H,5-8,10-12H2/t16-,20+,21+/m1/s1. The molecule has 1 aromatic heterocycles. The predicted molar refractivity (Wildman–Crippen MR) is 103 cm³/mol. The first kappa shape index (κ1) is 17.4. The summed E-state index contributed by atoms with van der Waals surface area (Å²) in [5.41, 5.74) is 1.20. The molecular formula is C22H24N2O5. The maximum absolute atomic E-state index is 13.4. The number of hydrogen-bond donors (Lipinski definition) is 1. The molecule has 0 radical (unpaired) electrons. The van der Waals surface area contributed by atoms with Crippen molar-refractivity contribution in [1.29, 1.82) is 0 Å². The maximum Gasteiger partial charge on any atom is 0.289 e. The summed E-state index contributed by atoms with van der Waals surface area (Å²) in [6.45, 7) is 2.93. The Balaban J connectivity index is 1.37. The summed E-state index contributed by atoms with van der Waals surface area (Å²) in [6.07, 6.45) is 2.28. The van der Waals surface area contributed by atoms with Crippen molar-refractivity contribution in [2.75, 3.05) is 26.4 Å². The first-order valence-electron chi connectivity index (χ1n) is 10.4. The molecule has 4 fully saturated rings. The molecule has 7 rings (SSSR count). The molecule has 152 valence electrons. The van der Waals surface area contributed by atoms with Crippen LogP contribution in [0.2, 0.25) is 0 Å². The van der Waals surface area contributed by atoms with Crippen molar-refractivity contribution < 1.29 is 23.8 Å².